The van der Waals surface area contributed by atoms with Gasteiger partial charge in [0.05, 0.1) is 6.21 Å². The van der Waals surface area contributed by atoms with Gasteiger partial charge in [0.2, 0.25) is 0 Å². The highest BCUT2D eigenvalue weighted by Gasteiger charge is 2.03. The fraction of sp³-hybridized carbons (Fsp3) is 0.125. The van der Waals surface area contributed by atoms with Crippen LogP contribution in [0.2, 0.25) is 0 Å². The van der Waals surface area contributed by atoms with Crippen LogP contribution in [0.3, 0.4) is 0 Å². The number of amides is 1. The van der Waals surface area contributed by atoms with Crippen LogP contribution >= 0.6 is 15.9 Å². The smallest absolute Gasteiger partial charge is 0.277 e. The number of benzene rings is 2. The number of nitrogens with one attached hydrogen (secondary N) is 1. The van der Waals surface area contributed by atoms with Crippen LogP contribution in [0, 0.1) is 6.92 Å². The number of nitrogens with zero attached hydrogens (tertiary/aromatic N) is 1. The summed E-state index contributed by atoms with van der Waals surface area (Å²) in [6.45, 7) is 1.81. The molecule has 0 spiro atoms. The Labute approximate surface area is 136 Å². The highest BCUT2D eigenvalue weighted by molar-refractivity contribution is 9.10. The summed E-state index contributed by atoms with van der Waals surface area (Å²) in [5.74, 6) is 0.397. The molecule has 114 valence electrons. The molecule has 0 saturated heterocycles. The maximum atomic E-state index is 11.6. The van der Waals surface area contributed by atoms with Gasteiger partial charge in [0.15, 0.2) is 6.61 Å². The van der Waals surface area contributed by atoms with Gasteiger partial charge in [-0.3, -0.25) is 4.79 Å². The predicted molar refractivity (Wildman–Crippen MR) is 88.2 cm³/mol. The molecule has 0 aromatic heterocycles. The highest BCUT2D eigenvalue weighted by atomic mass is 79.9. The molecule has 0 aliphatic heterocycles. The summed E-state index contributed by atoms with van der Waals surface area (Å²) in [4.78, 5) is 11.6. The van der Waals surface area contributed by atoms with E-state index in [2.05, 4.69) is 26.5 Å². The summed E-state index contributed by atoms with van der Waals surface area (Å²) in [5.41, 5.74) is 4.07. The topological polar surface area (TPSA) is 70.9 Å². The number of hydrogen-bond donors (Lipinski definition) is 2. The first kappa shape index (κ1) is 16.0. The Morgan fingerprint density at radius 3 is 2.91 bits per heavy atom. The van der Waals surface area contributed by atoms with E-state index in [9.17, 15) is 9.90 Å². The van der Waals surface area contributed by atoms with Crippen LogP contribution in [-0.4, -0.2) is 23.8 Å². The lowest BCUT2D eigenvalue weighted by atomic mass is 10.2. The van der Waals surface area contributed by atoms with Crippen molar-refractivity contribution >= 4 is 28.1 Å². The Hall–Kier alpha value is -2.34. The number of carbonyl (C=O) groups is 1. The van der Waals surface area contributed by atoms with Crippen LogP contribution in [0.4, 0.5) is 0 Å². The van der Waals surface area contributed by atoms with Crippen LogP contribution < -0.4 is 10.2 Å². The van der Waals surface area contributed by atoms with E-state index in [1.54, 1.807) is 24.3 Å². The van der Waals surface area contributed by atoms with E-state index in [0.29, 0.717) is 11.3 Å². The molecule has 0 atom stereocenters. The van der Waals surface area contributed by atoms with Gasteiger partial charge in [-0.05, 0) is 48.4 Å². The number of halogens is 1. The normalized spacial score (nSPS) is 10.6. The zero-order valence-electron chi connectivity index (χ0n) is 11.9. The molecule has 2 N–H and O–H groups in total. The van der Waals surface area contributed by atoms with Crippen LogP contribution in [0.5, 0.6) is 11.5 Å². The lowest BCUT2D eigenvalue weighted by Crippen LogP contribution is -2.24. The van der Waals surface area contributed by atoms with Crippen LogP contribution in [0.1, 0.15) is 11.1 Å². The van der Waals surface area contributed by atoms with Crippen molar-refractivity contribution in [1.82, 2.24) is 5.43 Å². The average molecular weight is 363 g/mol. The third kappa shape index (κ3) is 4.89. The number of phenolic OH excluding ortho intramolecular Hbond substituents is 1. The first-order valence-electron chi connectivity index (χ1n) is 6.54. The Morgan fingerprint density at radius 1 is 1.36 bits per heavy atom. The van der Waals surface area contributed by atoms with Crippen molar-refractivity contribution in [1.29, 1.82) is 0 Å². The zero-order valence-corrected chi connectivity index (χ0v) is 13.5. The molecule has 2 aromatic rings. The number of phenols is 1. The first-order chi connectivity index (χ1) is 10.5. The van der Waals surface area contributed by atoms with Crippen molar-refractivity contribution in [3.8, 4) is 11.5 Å². The van der Waals surface area contributed by atoms with Crippen molar-refractivity contribution in [3.05, 3.63) is 58.1 Å². The highest BCUT2D eigenvalue weighted by Crippen LogP contribution is 2.21. The van der Waals surface area contributed by atoms with E-state index in [0.717, 1.165) is 10.0 Å². The molecular formula is C16H15BrN2O3. The van der Waals surface area contributed by atoms with E-state index in [4.69, 9.17) is 4.74 Å². The Kier molecular flexibility index (Phi) is 5.55. The van der Waals surface area contributed by atoms with Crippen molar-refractivity contribution in [3.63, 3.8) is 0 Å². The molecule has 0 aliphatic carbocycles. The van der Waals surface area contributed by atoms with Gasteiger partial charge in [0, 0.05) is 4.47 Å². The molecule has 0 saturated carbocycles. The number of ether oxygens (including phenoxy) is 1. The fourth-order valence-corrected chi connectivity index (χ4v) is 1.92. The Bertz CT molecular complexity index is 702. The summed E-state index contributed by atoms with van der Waals surface area (Å²) in [5, 5.41) is 13.1. The molecular weight excluding hydrogens is 348 g/mol. The van der Waals surface area contributed by atoms with Gasteiger partial charge in [0.25, 0.3) is 5.91 Å². The van der Waals surface area contributed by atoms with Crippen molar-refractivity contribution in [2.45, 2.75) is 6.92 Å². The third-order valence-corrected chi connectivity index (χ3v) is 3.66. The molecule has 0 unspecified atom stereocenters. The molecule has 2 rings (SSSR count). The number of hydrogen-bond acceptors (Lipinski definition) is 4. The molecule has 0 bridgehead atoms. The number of aromatic hydroxyl groups is 1. The van der Waals surface area contributed by atoms with E-state index < -0.39 is 0 Å². The fourth-order valence-electron chi connectivity index (χ4n) is 1.67. The molecule has 2 aromatic carbocycles. The second-order valence-corrected chi connectivity index (χ2v) is 5.44. The lowest BCUT2D eigenvalue weighted by Gasteiger charge is -2.06. The van der Waals surface area contributed by atoms with E-state index in [-0.39, 0.29) is 18.3 Å². The van der Waals surface area contributed by atoms with Gasteiger partial charge >= 0.3 is 0 Å². The minimum absolute atomic E-state index is 0.127. The number of hydrazone groups is 1. The second-order valence-electron chi connectivity index (χ2n) is 4.59. The zero-order chi connectivity index (χ0) is 15.9. The van der Waals surface area contributed by atoms with Gasteiger partial charge in [-0.2, -0.15) is 5.10 Å². The molecule has 5 nitrogen and oxygen atoms in total. The summed E-state index contributed by atoms with van der Waals surface area (Å²) >= 11 is 3.40. The molecule has 1 amide bonds. The van der Waals surface area contributed by atoms with Gasteiger partial charge in [-0.25, -0.2) is 5.43 Å². The monoisotopic (exact) mass is 362 g/mol. The quantitative estimate of drug-likeness (QED) is 0.634. The molecule has 0 heterocycles. The molecule has 6 heteroatoms. The van der Waals surface area contributed by atoms with Gasteiger partial charge in [-0.1, -0.05) is 28.1 Å². The minimum atomic E-state index is -0.364. The minimum Gasteiger partial charge on any atom is -0.508 e. The van der Waals surface area contributed by atoms with Crippen molar-refractivity contribution in [2.24, 2.45) is 5.10 Å². The van der Waals surface area contributed by atoms with Crippen molar-refractivity contribution in [2.75, 3.05) is 6.61 Å². The summed E-state index contributed by atoms with van der Waals surface area (Å²) in [6.07, 6.45) is 1.45. The van der Waals surface area contributed by atoms with Crippen molar-refractivity contribution < 1.29 is 14.6 Å². The van der Waals surface area contributed by atoms with Crippen LogP contribution in [-0.2, 0) is 4.79 Å². The average Bonchev–Trinajstić information content (AvgIpc) is 2.48. The van der Waals surface area contributed by atoms with E-state index >= 15 is 0 Å². The van der Waals surface area contributed by atoms with E-state index in [1.807, 2.05) is 19.1 Å². The first-order valence-corrected chi connectivity index (χ1v) is 7.34. The SMILES string of the molecule is Cc1cc(OCC(=O)N/N=C/c2cccc(O)c2)ccc1Br. The molecule has 0 aliphatic rings. The lowest BCUT2D eigenvalue weighted by molar-refractivity contribution is -0.123. The van der Waals surface area contributed by atoms with Crippen LogP contribution in [0.15, 0.2) is 52.0 Å². The molecule has 22 heavy (non-hydrogen) atoms. The summed E-state index contributed by atoms with van der Waals surface area (Å²) in [7, 11) is 0. The predicted octanol–water partition coefficient (Wildman–Crippen LogP) is 2.99. The Morgan fingerprint density at radius 2 is 2.18 bits per heavy atom. The molecule has 0 fully saturated rings. The third-order valence-electron chi connectivity index (χ3n) is 2.77. The molecule has 0 radical (unpaired) electrons. The number of rotatable bonds is 5. The number of carbonyl (C=O) groups excluding carboxylic acids is 1. The standard InChI is InChI=1S/C16H15BrN2O3/c1-11-7-14(5-6-15(11)17)22-10-16(21)19-18-9-12-3-2-4-13(20)8-12/h2-9,20H,10H2,1H3,(H,19,21)/b18-9+. The summed E-state index contributed by atoms with van der Waals surface area (Å²) < 4.78 is 6.36. The summed E-state index contributed by atoms with van der Waals surface area (Å²) in [6, 6.07) is 12.0. The van der Waals surface area contributed by atoms with Gasteiger partial charge in [-0.15, -0.1) is 0 Å². The largest absolute Gasteiger partial charge is 0.508 e. The van der Waals surface area contributed by atoms with Gasteiger partial charge < -0.3 is 9.84 Å². The van der Waals surface area contributed by atoms with E-state index in [1.165, 1.54) is 12.3 Å². The maximum absolute atomic E-state index is 11.6. The van der Waals surface area contributed by atoms with Crippen LogP contribution in [0.25, 0.3) is 0 Å². The Balaban J connectivity index is 1.81. The maximum Gasteiger partial charge on any atom is 0.277 e. The second kappa shape index (κ2) is 7.61. The number of aryl methyl sites for hydroxylation is 1. The van der Waals surface area contributed by atoms with Gasteiger partial charge in [0.1, 0.15) is 11.5 Å².